The van der Waals surface area contributed by atoms with Gasteiger partial charge in [0, 0.05) is 0 Å². The van der Waals surface area contributed by atoms with Crippen molar-refractivity contribution < 1.29 is 0 Å². The van der Waals surface area contributed by atoms with E-state index < -0.39 is 0 Å². The summed E-state index contributed by atoms with van der Waals surface area (Å²) < 4.78 is 0. The molecule has 18 heavy (non-hydrogen) atoms. The maximum absolute atomic E-state index is 2.64. The zero-order valence-electron chi connectivity index (χ0n) is 10.5. The lowest BCUT2D eigenvalue weighted by atomic mass is 10.0. The molecule has 1 aliphatic heterocycles. The van der Waals surface area contributed by atoms with Crippen LogP contribution in [0.2, 0.25) is 0 Å². The summed E-state index contributed by atoms with van der Waals surface area (Å²) in [6.07, 6.45) is 2.70. The third-order valence-electron chi connectivity index (χ3n) is 4.31. The average molecular weight is 235 g/mol. The highest BCUT2D eigenvalue weighted by Crippen LogP contribution is 2.46. The molecule has 2 aliphatic rings. The van der Waals surface area contributed by atoms with E-state index >= 15 is 0 Å². The van der Waals surface area contributed by atoms with Gasteiger partial charge >= 0.3 is 0 Å². The van der Waals surface area contributed by atoms with Gasteiger partial charge in [-0.15, -0.1) is 0 Å². The molecule has 0 amide bonds. The minimum Gasteiger partial charge on any atom is -0.292 e. The Kier molecular flexibility index (Phi) is 2.27. The number of nitrogens with zero attached hydrogens (tertiary/aromatic N) is 1. The molecular formula is C17H17N. The average Bonchev–Trinajstić information content (AvgIpc) is 3.03. The second kappa shape index (κ2) is 3.96. The number of hydrogen-bond donors (Lipinski definition) is 0. The molecule has 1 heteroatoms. The molecule has 2 aromatic carbocycles. The van der Waals surface area contributed by atoms with Crippen LogP contribution in [0.15, 0.2) is 48.5 Å². The summed E-state index contributed by atoms with van der Waals surface area (Å²) in [5.74, 6) is 0. The molecule has 1 saturated heterocycles. The van der Waals surface area contributed by atoms with E-state index in [0.29, 0.717) is 6.04 Å². The standard InChI is InChI=1S/C17H17N/c1-3-9-15-13(7-1)14-8-2-4-10-16(14)17(15)18-11-5-6-12-18/h1-4,7-10,17H,5-6,11-12H2. The van der Waals surface area contributed by atoms with Crippen molar-refractivity contribution in [3.05, 3.63) is 59.7 Å². The van der Waals surface area contributed by atoms with Crippen molar-refractivity contribution in [2.24, 2.45) is 0 Å². The predicted octanol–water partition coefficient (Wildman–Crippen LogP) is 3.85. The Bertz CT molecular complexity index is 536. The van der Waals surface area contributed by atoms with Crippen molar-refractivity contribution in [3.8, 4) is 11.1 Å². The number of benzene rings is 2. The molecule has 1 aliphatic carbocycles. The van der Waals surface area contributed by atoms with E-state index in [-0.39, 0.29) is 0 Å². The van der Waals surface area contributed by atoms with Gasteiger partial charge in [0.2, 0.25) is 0 Å². The zero-order chi connectivity index (χ0) is 11.9. The molecule has 0 N–H and O–H groups in total. The first-order valence-electron chi connectivity index (χ1n) is 6.87. The molecule has 1 heterocycles. The number of rotatable bonds is 1. The predicted molar refractivity (Wildman–Crippen MR) is 74.5 cm³/mol. The molecule has 1 fully saturated rings. The molecule has 0 atom stereocenters. The van der Waals surface area contributed by atoms with Gasteiger partial charge in [-0.2, -0.15) is 0 Å². The van der Waals surface area contributed by atoms with E-state index in [2.05, 4.69) is 53.4 Å². The van der Waals surface area contributed by atoms with Crippen molar-refractivity contribution in [2.75, 3.05) is 13.1 Å². The largest absolute Gasteiger partial charge is 0.292 e. The fourth-order valence-corrected chi connectivity index (χ4v) is 3.52. The number of fused-ring (bicyclic) bond motifs is 3. The van der Waals surface area contributed by atoms with Crippen molar-refractivity contribution in [1.29, 1.82) is 0 Å². The number of likely N-dealkylation sites (tertiary alicyclic amines) is 1. The van der Waals surface area contributed by atoms with E-state index in [0.717, 1.165) is 0 Å². The van der Waals surface area contributed by atoms with Crippen LogP contribution in [0.25, 0.3) is 11.1 Å². The zero-order valence-corrected chi connectivity index (χ0v) is 10.5. The van der Waals surface area contributed by atoms with Crippen LogP contribution in [0.1, 0.15) is 30.0 Å². The van der Waals surface area contributed by atoms with Crippen molar-refractivity contribution in [2.45, 2.75) is 18.9 Å². The Labute approximate surface area is 108 Å². The highest BCUT2D eigenvalue weighted by atomic mass is 15.2. The van der Waals surface area contributed by atoms with Crippen molar-refractivity contribution in [1.82, 2.24) is 4.90 Å². The first kappa shape index (κ1) is 10.3. The fraction of sp³-hybridized carbons (Fsp3) is 0.294. The van der Waals surface area contributed by atoms with Crippen LogP contribution < -0.4 is 0 Å². The van der Waals surface area contributed by atoms with Crippen LogP contribution in [-0.4, -0.2) is 18.0 Å². The summed E-state index contributed by atoms with van der Waals surface area (Å²) in [6.45, 7) is 2.49. The van der Waals surface area contributed by atoms with Gasteiger partial charge in [0.15, 0.2) is 0 Å². The summed E-state index contributed by atoms with van der Waals surface area (Å²) in [6, 6.07) is 18.3. The van der Waals surface area contributed by atoms with Crippen molar-refractivity contribution >= 4 is 0 Å². The lowest BCUT2D eigenvalue weighted by Gasteiger charge is -2.25. The van der Waals surface area contributed by atoms with Gasteiger partial charge < -0.3 is 0 Å². The molecule has 0 aromatic heterocycles. The Morgan fingerprint density at radius 1 is 0.722 bits per heavy atom. The monoisotopic (exact) mass is 235 g/mol. The maximum atomic E-state index is 2.64. The smallest absolute Gasteiger partial charge is 0.0614 e. The normalized spacial score (nSPS) is 18.9. The van der Waals surface area contributed by atoms with Gasteiger partial charge in [0.25, 0.3) is 0 Å². The Hall–Kier alpha value is -1.60. The molecule has 0 spiro atoms. The molecule has 90 valence electrons. The Morgan fingerprint density at radius 3 is 1.78 bits per heavy atom. The summed E-state index contributed by atoms with van der Waals surface area (Å²) in [5, 5.41) is 0. The SMILES string of the molecule is c1ccc2c(c1)-c1ccccc1C2N1CCCC1. The topological polar surface area (TPSA) is 3.24 Å². The van der Waals surface area contributed by atoms with E-state index in [1.54, 1.807) is 0 Å². The first-order chi connectivity index (χ1) is 8.95. The van der Waals surface area contributed by atoms with Crippen LogP contribution in [-0.2, 0) is 0 Å². The van der Waals surface area contributed by atoms with Crippen LogP contribution in [0.5, 0.6) is 0 Å². The highest BCUT2D eigenvalue weighted by molar-refractivity contribution is 5.78. The third-order valence-corrected chi connectivity index (χ3v) is 4.31. The summed E-state index contributed by atoms with van der Waals surface area (Å²) in [7, 11) is 0. The van der Waals surface area contributed by atoms with Crippen LogP contribution in [0, 0.1) is 0 Å². The van der Waals surface area contributed by atoms with Crippen LogP contribution in [0.4, 0.5) is 0 Å². The van der Waals surface area contributed by atoms with Crippen LogP contribution in [0.3, 0.4) is 0 Å². The molecule has 2 aromatic rings. The Balaban J connectivity index is 1.92. The van der Waals surface area contributed by atoms with Gasteiger partial charge in [-0.25, -0.2) is 0 Å². The lowest BCUT2D eigenvalue weighted by molar-refractivity contribution is 0.285. The molecule has 1 nitrogen and oxygen atoms in total. The molecule has 0 radical (unpaired) electrons. The van der Waals surface area contributed by atoms with E-state index in [1.807, 2.05) is 0 Å². The number of hydrogen-bond acceptors (Lipinski definition) is 1. The van der Waals surface area contributed by atoms with Gasteiger partial charge in [-0.1, -0.05) is 48.5 Å². The fourth-order valence-electron chi connectivity index (χ4n) is 3.52. The maximum Gasteiger partial charge on any atom is 0.0614 e. The second-order valence-electron chi connectivity index (χ2n) is 5.32. The summed E-state index contributed by atoms with van der Waals surface area (Å²) in [5.41, 5.74) is 5.87. The van der Waals surface area contributed by atoms with Gasteiger partial charge in [-0.05, 0) is 48.2 Å². The van der Waals surface area contributed by atoms with Crippen LogP contribution >= 0.6 is 0 Å². The minimum absolute atomic E-state index is 0.500. The second-order valence-corrected chi connectivity index (χ2v) is 5.32. The van der Waals surface area contributed by atoms with Gasteiger partial charge in [0.1, 0.15) is 0 Å². The van der Waals surface area contributed by atoms with Gasteiger partial charge in [-0.3, -0.25) is 4.90 Å². The first-order valence-corrected chi connectivity index (χ1v) is 6.87. The van der Waals surface area contributed by atoms with E-state index in [9.17, 15) is 0 Å². The summed E-state index contributed by atoms with van der Waals surface area (Å²) >= 11 is 0. The van der Waals surface area contributed by atoms with Crippen molar-refractivity contribution in [3.63, 3.8) is 0 Å². The minimum atomic E-state index is 0.500. The van der Waals surface area contributed by atoms with Gasteiger partial charge in [0.05, 0.1) is 6.04 Å². The molecule has 0 saturated carbocycles. The molecular weight excluding hydrogens is 218 g/mol. The summed E-state index contributed by atoms with van der Waals surface area (Å²) in [4.78, 5) is 2.64. The quantitative estimate of drug-likeness (QED) is 0.725. The molecule has 0 unspecified atom stereocenters. The van der Waals surface area contributed by atoms with E-state index in [4.69, 9.17) is 0 Å². The lowest BCUT2D eigenvalue weighted by Crippen LogP contribution is -2.24. The molecule has 4 rings (SSSR count). The Morgan fingerprint density at radius 2 is 1.22 bits per heavy atom. The van der Waals surface area contributed by atoms with E-state index in [1.165, 1.54) is 48.2 Å². The third kappa shape index (κ3) is 1.37. The highest BCUT2D eigenvalue weighted by Gasteiger charge is 2.33. The molecule has 0 bridgehead atoms.